The van der Waals surface area contributed by atoms with Gasteiger partial charge in [0.2, 0.25) is 0 Å². The summed E-state index contributed by atoms with van der Waals surface area (Å²) in [6.07, 6.45) is -3.96. The van der Waals surface area contributed by atoms with E-state index in [9.17, 15) is 47.9 Å². The first-order chi connectivity index (χ1) is 48.9. The fourth-order valence-electron chi connectivity index (χ4n) is 5.95. The predicted octanol–water partition coefficient (Wildman–Crippen LogP) is 15.1. The van der Waals surface area contributed by atoms with Crippen LogP contribution in [0.25, 0.3) is 0 Å². The zero-order valence-corrected chi connectivity index (χ0v) is 70.9. The molecule has 0 aliphatic carbocycles. The molecule has 8 aromatic rings. The van der Waals surface area contributed by atoms with Crippen LogP contribution >= 0.6 is 91.5 Å². The second-order valence-corrected chi connectivity index (χ2v) is 30.9. The van der Waals surface area contributed by atoms with E-state index in [0.717, 1.165) is 22.7 Å². The van der Waals surface area contributed by atoms with Crippen molar-refractivity contribution in [2.45, 2.75) is 160 Å². The summed E-state index contributed by atoms with van der Waals surface area (Å²) in [4.78, 5) is 132. The molecule has 3 aromatic carbocycles. The molecule has 41 heteroatoms. The van der Waals surface area contributed by atoms with Crippen LogP contribution in [0.15, 0.2) is 99.7 Å². The van der Waals surface area contributed by atoms with Gasteiger partial charge in [0.15, 0.2) is 42.9 Å². The summed E-state index contributed by atoms with van der Waals surface area (Å²) in [7, 11) is 0. The van der Waals surface area contributed by atoms with E-state index in [1.54, 1.807) is 193 Å². The standard InChI is InChI=1S/C15H16ClN3O3S.C10H8ClN3OS.C10H14N2O3S.C10H18O5.C9H12N2O4S.C6H6ClN.C5H6N2OS.C2H6O.CH4.Na.H2O/c1-15(2,3)22-14(21)19-13-18-11(8-23-13)12(20)17-10-7-5-4-6-9(10)16;11-6-3-1-2-4-7(6)13-9(15)8-5-16-10(12)14-8;1-6(13)7-5-16-8(11-7)12-9(14)15-10(2,3)4;1-9(2,3)14-7(11)13-8(12)15-10(4,5)6;1-9(2,3)15-8(14)11-7-10-5(4-16-7)6(12)13;7-5-3-1-2-4-6(5)8;1-3(8)4-2-9-5(6)7-4;1-2-3;;;/h4-8H,1-3H3,(H,17,20)(H,18,19,21);1-5H,(H2,12,14)(H,13,15);5H,1-4H3,(H,11,12,14);1-6H3;4H,1-3H3,(H,12,13)(H,10,11,14);1-4H,8H2;2H,1H3,(H2,6,7);3H,2H2,1H3;1H4;;1H2/q;;;;;;;;;+1;/p-1. The number of ether oxygens (including phenoxy) is 6. The average molecular weight is 1680 g/mol. The number of carboxylic acid groups (broad SMARTS) is 1. The Morgan fingerprint density at radius 1 is 0.422 bits per heavy atom. The number of halogens is 3. The smallest absolute Gasteiger partial charge is 0.870 e. The van der Waals surface area contributed by atoms with E-state index in [0.29, 0.717) is 64.6 Å². The summed E-state index contributed by atoms with van der Waals surface area (Å²) in [5.41, 5.74) is 15.8. The molecule has 5 heterocycles. The van der Waals surface area contributed by atoms with Gasteiger partial charge in [0.05, 0.1) is 32.1 Å². The van der Waals surface area contributed by atoms with Crippen LogP contribution < -0.4 is 73.3 Å². The van der Waals surface area contributed by atoms with E-state index in [-0.39, 0.29) is 88.2 Å². The van der Waals surface area contributed by atoms with Crippen molar-refractivity contribution in [3.8, 4) is 0 Å². The number of aromatic nitrogens is 5. The number of amides is 5. The second kappa shape index (κ2) is 50.2. The van der Waals surface area contributed by atoms with Gasteiger partial charge in [0.25, 0.3) is 11.8 Å². The van der Waals surface area contributed by atoms with Crippen LogP contribution in [0, 0.1) is 0 Å². The molecule has 0 atom stereocenters. The number of nitrogens with two attached hydrogens (primary N) is 3. The maximum absolute atomic E-state index is 12.1. The zero-order valence-electron chi connectivity index (χ0n) is 62.5. The SMILES string of the molecule is C.CC(=O)c1csc(N)n1.CC(=O)c1csc(NC(=O)OC(C)(C)C)n1.CC(C)(C)OC(=O)Nc1nc(C(=O)Nc2ccccc2Cl)cs1.CC(C)(C)OC(=O)Nc1nc(C(=O)O)cs1.CC(C)(C)OC(=O)OC(=O)OC(C)(C)C.CCO.Nc1ccccc1Cl.Nc1nc(C(=O)Nc2ccccc2Cl)cs1.[Na+].[OH-]. The van der Waals surface area contributed by atoms with Crippen molar-refractivity contribution in [1.82, 2.24) is 24.9 Å². The summed E-state index contributed by atoms with van der Waals surface area (Å²) < 4.78 is 28.9. The van der Waals surface area contributed by atoms with Gasteiger partial charge in [-0.25, -0.2) is 53.7 Å². The molecule has 0 saturated heterocycles. The Balaban J connectivity index is -0.00000121. The second-order valence-electron chi connectivity index (χ2n) is 25.3. The number of nitrogen functional groups attached to an aromatic ring is 3. The number of ketones is 2. The third-order valence-electron chi connectivity index (χ3n) is 9.88. The van der Waals surface area contributed by atoms with Crippen LogP contribution in [-0.4, -0.2) is 135 Å². The molecule has 0 saturated carbocycles. The molecule has 0 aliphatic heterocycles. The van der Waals surface area contributed by atoms with Gasteiger partial charge in [0.1, 0.15) is 50.8 Å². The van der Waals surface area contributed by atoms with Crippen LogP contribution in [0.1, 0.15) is 184 Å². The van der Waals surface area contributed by atoms with Gasteiger partial charge in [0, 0.05) is 47.4 Å². The maximum Gasteiger partial charge on any atom is 1.00 e. The molecule has 14 N–H and O–H groups in total. The quantitative estimate of drug-likeness (QED) is 0.0152. The van der Waals surface area contributed by atoms with E-state index >= 15 is 0 Å². The molecule has 0 unspecified atom stereocenters. The Kier molecular flexibility index (Phi) is 48.1. The fourth-order valence-corrected chi connectivity index (χ4v) is 9.68. The number of Topliss-reactive ketones (excluding diaryl/α,β-unsaturated/α-hetero) is 2. The number of aliphatic hydroxyl groups is 1. The molecule has 0 spiro atoms. The number of carbonyl (C=O) groups excluding carboxylic acids is 9. The van der Waals surface area contributed by atoms with Gasteiger partial charge < -0.3 is 71.9 Å². The van der Waals surface area contributed by atoms with Gasteiger partial charge in [-0.3, -0.25) is 35.1 Å². The first-order valence-corrected chi connectivity index (χ1v) is 36.3. The van der Waals surface area contributed by atoms with E-state index in [2.05, 4.69) is 56.2 Å². The Morgan fingerprint density at radius 3 is 0.945 bits per heavy atom. The number of carbonyl (C=O) groups is 10. The average Bonchev–Trinajstić information content (AvgIpc) is 1.77. The third kappa shape index (κ3) is 49.2. The third-order valence-corrected chi connectivity index (χ3v) is 14.5. The Labute approximate surface area is 688 Å². The monoisotopic (exact) mass is 1680 g/mol. The molecule has 8 rings (SSSR count). The van der Waals surface area contributed by atoms with Crippen LogP contribution in [-0.2, 0) is 28.4 Å². The molecule has 0 fully saturated rings. The van der Waals surface area contributed by atoms with Crippen molar-refractivity contribution in [2.24, 2.45) is 0 Å². The number of nitrogens with one attached hydrogen (secondary N) is 5. The molecule has 0 aliphatic rings. The number of aromatic carboxylic acids is 1. The Morgan fingerprint density at radius 2 is 0.688 bits per heavy atom. The summed E-state index contributed by atoms with van der Waals surface area (Å²) in [5, 5.41) is 39.7. The number of hydrogen-bond acceptors (Lipinski definition) is 31. The first-order valence-electron chi connectivity index (χ1n) is 30.8. The summed E-state index contributed by atoms with van der Waals surface area (Å²) >= 11 is 23.3. The van der Waals surface area contributed by atoms with Crippen molar-refractivity contribution >= 4 is 194 Å². The molecular weight excluding hydrogens is 1590 g/mol. The topological polar surface area (TPSA) is 499 Å². The summed E-state index contributed by atoms with van der Waals surface area (Å²) in [6, 6.07) is 21.1. The molecule has 594 valence electrons. The van der Waals surface area contributed by atoms with Crippen molar-refractivity contribution in [1.29, 1.82) is 0 Å². The molecular formula is C68H91Cl3N13NaO19S5. The van der Waals surface area contributed by atoms with Crippen LogP contribution in [0.4, 0.5) is 66.7 Å². The van der Waals surface area contributed by atoms with Gasteiger partial charge in [-0.2, -0.15) is 0 Å². The first kappa shape index (κ1) is 104. The fraction of sp³-hybridized carbons (Fsp3) is 0.368. The van der Waals surface area contributed by atoms with Crippen molar-refractivity contribution < 1.29 is 122 Å². The number of hydrogen-bond donors (Lipinski definition) is 10. The Hall–Kier alpha value is -8.70. The summed E-state index contributed by atoms with van der Waals surface area (Å²) in [6.45, 7) is 30.6. The number of para-hydroxylation sites is 3. The van der Waals surface area contributed by atoms with E-state index in [1.165, 1.54) is 53.2 Å². The minimum Gasteiger partial charge on any atom is -0.870 e. The number of carboxylic acids is 1. The molecule has 109 heavy (non-hydrogen) atoms. The Bertz CT molecular complexity index is 4070. The molecule has 5 amide bonds. The van der Waals surface area contributed by atoms with Crippen molar-refractivity contribution in [3.63, 3.8) is 0 Å². The van der Waals surface area contributed by atoms with Gasteiger partial charge >= 0.3 is 66.1 Å². The number of rotatable bonds is 10. The number of anilines is 8. The number of benzene rings is 3. The van der Waals surface area contributed by atoms with Gasteiger partial charge in [-0.15, -0.1) is 56.7 Å². The molecule has 0 bridgehead atoms. The number of nitrogens with zero attached hydrogens (tertiary/aromatic N) is 5. The number of thiazole rings is 5. The van der Waals surface area contributed by atoms with E-state index in [1.807, 2.05) is 12.1 Å². The largest absolute Gasteiger partial charge is 1.00 e. The maximum atomic E-state index is 12.1. The van der Waals surface area contributed by atoms with E-state index < -0.39 is 70.5 Å². The number of aliphatic hydroxyl groups excluding tert-OH is 1. The molecule has 0 radical (unpaired) electrons. The van der Waals surface area contributed by atoms with Crippen LogP contribution in [0.2, 0.25) is 15.1 Å². The minimum atomic E-state index is -1.13. The van der Waals surface area contributed by atoms with E-state index in [4.69, 9.17) is 85.9 Å². The van der Waals surface area contributed by atoms with Crippen LogP contribution in [0.5, 0.6) is 0 Å². The van der Waals surface area contributed by atoms with Crippen molar-refractivity contribution in [3.05, 3.63) is 143 Å². The normalized spacial score (nSPS) is 10.3. The van der Waals surface area contributed by atoms with Gasteiger partial charge in [-0.05, 0) is 147 Å². The van der Waals surface area contributed by atoms with Crippen LogP contribution in [0.3, 0.4) is 0 Å². The minimum absolute atomic E-state index is 0. The summed E-state index contributed by atoms with van der Waals surface area (Å²) in [5.74, 6) is -2.03. The predicted molar refractivity (Wildman–Crippen MR) is 426 cm³/mol. The molecule has 32 nitrogen and oxygen atoms in total. The van der Waals surface area contributed by atoms with Crippen molar-refractivity contribution in [2.75, 3.05) is 50.4 Å². The van der Waals surface area contributed by atoms with Gasteiger partial charge in [-0.1, -0.05) is 78.6 Å². The molecule has 5 aromatic heterocycles. The zero-order chi connectivity index (χ0) is 81.1.